The number of carbonyl (C=O) groups excluding carboxylic acids is 1. The van der Waals surface area contributed by atoms with E-state index in [1.807, 2.05) is 0 Å². The monoisotopic (exact) mass is 321 g/mol. The third kappa shape index (κ3) is 2.93. The maximum absolute atomic E-state index is 12.6. The second kappa shape index (κ2) is 6.02. The fraction of sp³-hybridized carbons (Fsp3) is 0.600. The molecule has 2 N–H and O–H groups in total. The Labute approximate surface area is 131 Å². The van der Waals surface area contributed by atoms with Crippen LogP contribution < -0.4 is 11.2 Å². The summed E-state index contributed by atoms with van der Waals surface area (Å²) >= 11 is 0. The van der Waals surface area contributed by atoms with E-state index in [1.165, 1.54) is 11.1 Å². The number of rotatable bonds is 3. The molecule has 0 radical (unpaired) electrons. The van der Waals surface area contributed by atoms with E-state index < -0.39 is 23.3 Å². The molecule has 0 aromatic carbocycles. The zero-order valence-electron chi connectivity index (χ0n) is 12.6. The highest BCUT2D eigenvalue weighted by Crippen LogP contribution is 2.39. The highest BCUT2D eigenvalue weighted by Gasteiger charge is 2.47. The van der Waals surface area contributed by atoms with Gasteiger partial charge in [0.15, 0.2) is 0 Å². The molecule has 124 valence electrons. The van der Waals surface area contributed by atoms with Crippen LogP contribution in [0.1, 0.15) is 32.1 Å². The molecule has 3 unspecified atom stereocenters. The summed E-state index contributed by atoms with van der Waals surface area (Å²) in [7, 11) is 0. The smallest absolute Gasteiger partial charge is 0.328 e. The number of nitrogens with one attached hydrogen (secondary N) is 1. The van der Waals surface area contributed by atoms with Crippen molar-refractivity contribution in [2.45, 2.75) is 50.7 Å². The summed E-state index contributed by atoms with van der Waals surface area (Å²) in [5.74, 6) is -1.16. The van der Waals surface area contributed by atoms with Gasteiger partial charge in [-0.3, -0.25) is 19.1 Å². The summed E-state index contributed by atoms with van der Waals surface area (Å²) in [6.07, 6.45) is 5.53. The Morgan fingerprint density at radius 3 is 2.70 bits per heavy atom. The van der Waals surface area contributed by atoms with Gasteiger partial charge in [0.2, 0.25) is 5.91 Å². The van der Waals surface area contributed by atoms with Crippen molar-refractivity contribution >= 4 is 11.9 Å². The van der Waals surface area contributed by atoms with Gasteiger partial charge in [-0.05, 0) is 25.2 Å². The molecule has 1 saturated carbocycles. The average Bonchev–Trinajstić information content (AvgIpc) is 2.90. The molecule has 1 saturated heterocycles. The first-order valence-electron chi connectivity index (χ1n) is 7.81. The molecule has 1 amide bonds. The molecule has 0 spiro atoms. The molecule has 1 aromatic heterocycles. The second-order valence-corrected chi connectivity index (χ2v) is 6.24. The number of carboxylic acids is 1. The molecule has 2 heterocycles. The molecular weight excluding hydrogens is 302 g/mol. The fourth-order valence-electron chi connectivity index (χ4n) is 3.84. The number of carboxylic acid groups (broad SMARTS) is 1. The van der Waals surface area contributed by atoms with Gasteiger partial charge in [-0.15, -0.1) is 0 Å². The molecule has 2 fully saturated rings. The Kier molecular flexibility index (Phi) is 4.06. The number of aromatic nitrogens is 2. The summed E-state index contributed by atoms with van der Waals surface area (Å²) in [6.45, 7) is -0.261. The second-order valence-electron chi connectivity index (χ2n) is 6.24. The minimum atomic E-state index is -0.999. The van der Waals surface area contributed by atoms with Crippen molar-refractivity contribution in [3.05, 3.63) is 33.1 Å². The van der Waals surface area contributed by atoms with Crippen LogP contribution in [0.5, 0.6) is 0 Å². The van der Waals surface area contributed by atoms with Crippen molar-refractivity contribution in [2.75, 3.05) is 0 Å². The molecule has 3 atom stereocenters. The number of fused-ring (bicyclic) bond motifs is 1. The lowest BCUT2D eigenvalue weighted by atomic mass is 9.85. The van der Waals surface area contributed by atoms with Crippen molar-refractivity contribution in [1.82, 2.24) is 14.5 Å². The predicted octanol–water partition coefficient (Wildman–Crippen LogP) is -0.219. The predicted molar refractivity (Wildman–Crippen MR) is 80.0 cm³/mol. The van der Waals surface area contributed by atoms with Gasteiger partial charge in [0.25, 0.3) is 5.56 Å². The molecule has 8 nitrogen and oxygen atoms in total. The van der Waals surface area contributed by atoms with Gasteiger partial charge in [0, 0.05) is 18.3 Å². The van der Waals surface area contributed by atoms with E-state index in [4.69, 9.17) is 0 Å². The lowest BCUT2D eigenvalue weighted by Gasteiger charge is -2.33. The molecule has 0 bridgehead atoms. The van der Waals surface area contributed by atoms with E-state index in [9.17, 15) is 24.3 Å². The SMILES string of the molecule is O=C(O)C1CC2CCCCC2N1C(=O)Cn1ccc(=O)[nH]c1=O. The summed E-state index contributed by atoms with van der Waals surface area (Å²) in [4.78, 5) is 50.5. The summed E-state index contributed by atoms with van der Waals surface area (Å²) in [5.41, 5.74) is -1.20. The van der Waals surface area contributed by atoms with Crippen LogP contribution in [0, 0.1) is 5.92 Å². The van der Waals surface area contributed by atoms with Crippen LogP contribution in [0.2, 0.25) is 0 Å². The van der Waals surface area contributed by atoms with Crippen LogP contribution in [0.15, 0.2) is 21.9 Å². The number of amides is 1. The van der Waals surface area contributed by atoms with Crippen LogP contribution >= 0.6 is 0 Å². The Morgan fingerprint density at radius 1 is 1.26 bits per heavy atom. The lowest BCUT2D eigenvalue weighted by Crippen LogP contribution is -2.48. The molecule has 3 rings (SSSR count). The van der Waals surface area contributed by atoms with Gasteiger partial charge >= 0.3 is 11.7 Å². The van der Waals surface area contributed by atoms with Crippen molar-refractivity contribution in [3.8, 4) is 0 Å². The quantitative estimate of drug-likeness (QED) is 0.799. The van der Waals surface area contributed by atoms with Crippen LogP contribution in [-0.2, 0) is 16.1 Å². The Balaban J connectivity index is 1.84. The summed E-state index contributed by atoms with van der Waals surface area (Å²) in [5, 5.41) is 9.43. The van der Waals surface area contributed by atoms with E-state index in [0.29, 0.717) is 6.42 Å². The van der Waals surface area contributed by atoms with Crippen LogP contribution in [0.3, 0.4) is 0 Å². The topological polar surface area (TPSA) is 112 Å². The number of hydrogen-bond acceptors (Lipinski definition) is 4. The van der Waals surface area contributed by atoms with Gasteiger partial charge in [-0.25, -0.2) is 9.59 Å². The summed E-state index contributed by atoms with van der Waals surface area (Å²) < 4.78 is 1.10. The standard InChI is InChI=1S/C15H19N3O5/c19-12-5-6-17(15(23)16-12)8-13(20)18-10-4-2-1-3-9(10)7-11(18)14(21)22/h5-6,9-11H,1-4,7-8H2,(H,21,22)(H,16,19,23). The molecule has 1 aromatic rings. The van der Waals surface area contributed by atoms with E-state index in [2.05, 4.69) is 4.98 Å². The largest absolute Gasteiger partial charge is 0.480 e. The Morgan fingerprint density at radius 2 is 2.00 bits per heavy atom. The van der Waals surface area contributed by atoms with E-state index in [0.717, 1.165) is 36.3 Å². The first kappa shape index (κ1) is 15.5. The molecule has 2 aliphatic rings. The number of H-pyrrole nitrogens is 1. The normalized spacial score (nSPS) is 26.8. The van der Waals surface area contributed by atoms with Crippen molar-refractivity contribution in [2.24, 2.45) is 5.92 Å². The van der Waals surface area contributed by atoms with Crippen molar-refractivity contribution in [3.63, 3.8) is 0 Å². The fourth-order valence-corrected chi connectivity index (χ4v) is 3.84. The summed E-state index contributed by atoms with van der Waals surface area (Å²) in [6, 6.07) is 0.279. The van der Waals surface area contributed by atoms with Crippen LogP contribution in [0.4, 0.5) is 0 Å². The van der Waals surface area contributed by atoms with Crippen molar-refractivity contribution < 1.29 is 14.7 Å². The zero-order chi connectivity index (χ0) is 16.6. The first-order valence-corrected chi connectivity index (χ1v) is 7.81. The lowest BCUT2D eigenvalue weighted by molar-refractivity contribution is -0.150. The van der Waals surface area contributed by atoms with E-state index in [-0.39, 0.29) is 24.4 Å². The van der Waals surface area contributed by atoms with E-state index in [1.54, 1.807) is 0 Å². The van der Waals surface area contributed by atoms with Gasteiger partial charge < -0.3 is 10.0 Å². The maximum Gasteiger partial charge on any atom is 0.328 e. The number of hydrogen-bond donors (Lipinski definition) is 2. The number of nitrogens with zero attached hydrogens (tertiary/aromatic N) is 2. The molecule has 1 aliphatic carbocycles. The van der Waals surface area contributed by atoms with Crippen LogP contribution in [-0.4, -0.2) is 43.5 Å². The number of aromatic amines is 1. The van der Waals surface area contributed by atoms with Gasteiger partial charge in [0.05, 0.1) is 0 Å². The Hall–Kier alpha value is -2.38. The molecule has 1 aliphatic heterocycles. The minimum absolute atomic E-state index is 0.0594. The maximum atomic E-state index is 12.6. The number of aliphatic carboxylic acids is 1. The molecule has 23 heavy (non-hydrogen) atoms. The third-order valence-electron chi connectivity index (χ3n) is 4.86. The number of likely N-dealkylation sites (tertiary alicyclic amines) is 1. The third-order valence-corrected chi connectivity index (χ3v) is 4.86. The van der Waals surface area contributed by atoms with Gasteiger partial charge in [-0.1, -0.05) is 12.8 Å². The van der Waals surface area contributed by atoms with Crippen molar-refractivity contribution in [1.29, 1.82) is 0 Å². The van der Waals surface area contributed by atoms with Gasteiger partial charge in [0.1, 0.15) is 12.6 Å². The average molecular weight is 321 g/mol. The molecular formula is C15H19N3O5. The zero-order valence-corrected chi connectivity index (χ0v) is 12.6. The highest BCUT2D eigenvalue weighted by molar-refractivity contribution is 5.84. The first-order chi connectivity index (χ1) is 11.0. The number of carbonyl (C=O) groups is 2. The molecule has 8 heteroatoms. The van der Waals surface area contributed by atoms with Gasteiger partial charge in [-0.2, -0.15) is 0 Å². The Bertz CT molecular complexity index is 737. The minimum Gasteiger partial charge on any atom is -0.480 e. The highest BCUT2D eigenvalue weighted by atomic mass is 16.4. The van der Waals surface area contributed by atoms with Crippen LogP contribution in [0.25, 0.3) is 0 Å². The van der Waals surface area contributed by atoms with E-state index >= 15 is 0 Å².